The van der Waals surface area contributed by atoms with Gasteiger partial charge in [-0.1, -0.05) is 0 Å². The second-order valence-corrected chi connectivity index (χ2v) is 9.69. The topological polar surface area (TPSA) is 79.6 Å². The smallest absolute Gasteiger partial charge is 0.251 e. The van der Waals surface area contributed by atoms with Crippen molar-refractivity contribution in [2.24, 2.45) is 0 Å². The fourth-order valence-electron chi connectivity index (χ4n) is 3.50. The van der Waals surface area contributed by atoms with Gasteiger partial charge < -0.3 is 9.73 Å². The molecule has 0 radical (unpaired) electrons. The summed E-state index contributed by atoms with van der Waals surface area (Å²) in [6, 6.07) is 11.9. The van der Waals surface area contributed by atoms with Crippen LogP contribution in [-0.4, -0.2) is 38.3 Å². The van der Waals surface area contributed by atoms with Crippen molar-refractivity contribution in [2.45, 2.75) is 23.7 Å². The van der Waals surface area contributed by atoms with E-state index in [2.05, 4.69) is 5.32 Å². The van der Waals surface area contributed by atoms with E-state index in [-0.39, 0.29) is 16.7 Å². The van der Waals surface area contributed by atoms with Crippen LogP contribution < -0.4 is 5.32 Å². The van der Waals surface area contributed by atoms with Crippen LogP contribution in [0.15, 0.2) is 68.8 Å². The lowest BCUT2D eigenvalue weighted by atomic mass is 9.99. The maximum absolute atomic E-state index is 12.6. The number of carbonyl (C=O) groups excluding carboxylic acids is 1. The maximum Gasteiger partial charge on any atom is 0.251 e. The summed E-state index contributed by atoms with van der Waals surface area (Å²) in [6.45, 7) is 1.50. The SMILES string of the molecule is O=C(NCC(c1ccsc1)c1ccco1)c1ccc(S(=O)(=O)N2CCCC2)cc1. The number of thiophene rings is 1. The first-order valence-electron chi connectivity index (χ1n) is 9.49. The summed E-state index contributed by atoms with van der Waals surface area (Å²) in [6.07, 6.45) is 3.40. The van der Waals surface area contributed by atoms with Gasteiger partial charge in [0.05, 0.1) is 17.1 Å². The van der Waals surface area contributed by atoms with Gasteiger partial charge in [-0.25, -0.2) is 8.42 Å². The molecule has 1 saturated heterocycles. The predicted octanol–water partition coefficient (Wildman–Crippen LogP) is 3.69. The van der Waals surface area contributed by atoms with Crippen molar-refractivity contribution in [1.82, 2.24) is 9.62 Å². The lowest BCUT2D eigenvalue weighted by Gasteiger charge is -2.16. The van der Waals surface area contributed by atoms with Crippen molar-refractivity contribution < 1.29 is 17.6 Å². The number of nitrogens with one attached hydrogen (secondary N) is 1. The van der Waals surface area contributed by atoms with Gasteiger partial charge in [-0.2, -0.15) is 15.6 Å². The number of hydrogen-bond acceptors (Lipinski definition) is 5. The second-order valence-electron chi connectivity index (χ2n) is 6.97. The highest BCUT2D eigenvalue weighted by atomic mass is 32.2. The zero-order valence-corrected chi connectivity index (χ0v) is 17.4. The van der Waals surface area contributed by atoms with Gasteiger partial charge in [0.2, 0.25) is 10.0 Å². The molecule has 1 aromatic carbocycles. The zero-order chi connectivity index (χ0) is 20.3. The van der Waals surface area contributed by atoms with Crippen LogP contribution in [0.2, 0.25) is 0 Å². The molecule has 29 heavy (non-hydrogen) atoms. The van der Waals surface area contributed by atoms with Gasteiger partial charge in [-0.05, 0) is 71.6 Å². The number of sulfonamides is 1. The van der Waals surface area contributed by atoms with Gasteiger partial charge in [0, 0.05) is 25.2 Å². The first kappa shape index (κ1) is 19.9. The van der Waals surface area contributed by atoms with Gasteiger partial charge >= 0.3 is 0 Å². The van der Waals surface area contributed by atoms with Crippen molar-refractivity contribution in [3.63, 3.8) is 0 Å². The van der Waals surface area contributed by atoms with Crippen LogP contribution in [-0.2, 0) is 10.0 Å². The van der Waals surface area contributed by atoms with Gasteiger partial charge in [0.15, 0.2) is 0 Å². The largest absolute Gasteiger partial charge is 0.469 e. The molecule has 6 nitrogen and oxygen atoms in total. The van der Waals surface area contributed by atoms with E-state index in [0.29, 0.717) is 25.2 Å². The van der Waals surface area contributed by atoms with Crippen molar-refractivity contribution in [3.8, 4) is 0 Å². The lowest BCUT2D eigenvalue weighted by Crippen LogP contribution is -2.29. The van der Waals surface area contributed by atoms with Crippen LogP contribution in [0.3, 0.4) is 0 Å². The Morgan fingerprint density at radius 1 is 1.14 bits per heavy atom. The van der Waals surface area contributed by atoms with E-state index >= 15 is 0 Å². The molecule has 1 fully saturated rings. The minimum absolute atomic E-state index is 0.0741. The molecule has 8 heteroatoms. The summed E-state index contributed by atoms with van der Waals surface area (Å²) >= 11 is 1.59. The number of nitrogens with zero attached hydrogens (tertiary/aromatic N) is 1. The first-order chi connectivity index (χ1) is 14.1. The fourth-order valence-corrected chi connectivity index (χ4v) is 5.73. The van der Waals surface area contributed by atoms with E-state index in [4.69, 9.17) is 4.42 Å². The summed E-state index contributed by atoms with van der Waals surface area (Å²) in [7, 11) is -3.48. The molecule has 152 valence electrons. The summed E-state index contributed by atoms with van der Waals surface area (Å²) in [4.78, 5) is 12.8. The number of rotatable bonds is 7. The Kier molecular flexibility index (Phi) is 5.84. The van der Waals surface area contributed by atoms with Crippen LogP contribution in [0.4, 0.5) is 0 Å². The predicted molar refractivity (Wildman–Crippen MR) is 112 cm³/mol. The Bertz CT molecular complexity index is 1000. The van der Waals surface area contributed by atoms with Crippen LogP contribution in [0.1, 0.15) is 40.4 Å². The number of furan rings is 1. The number of amides is 1. The van der Waals surface area contributed by atoms with Crippen molar-refractivity contribution in [2.75, 3.05) is 19.6 Å². The highest BCUT2D eigenvalue weighted by molar-refractivity contribution is 7.89. The third-order valence-corrected chi connectivity index (χ3v) is 7.73. The average Bonchev–Trinajstić information content (AvgIpc) is 3.52. The number of benzene rings is 1. The Labute approximate surface area is 174 Å². The summed E-state index contributed by atoms with van der Waals surface area (Å²) in [5.74, 6) is 0.465. The molecule has 0 bridgehead atoms. The molecule has 1 aliphatic rings. The number of hydrogen-bond donors (Lipinski definition) is 1. The summed E-state index contributed by atoms with van der Waals surface area (Å²) in [5, 5.41) is 6.97. The van der Waals surface area contributed by atoms with E-state index in [1.807, 2.05) is 29.0 Å². The standard InChI is InChI=1S/C21H22N2O4S2/c24-21(22-14-19(17-9-13-28-15-17)20-4-3-12-27-20)16-5-7-18(8-6-16)29(25,26)23-10-1-2-11-23/h3-9,12-13,15,19H,1-2,10-11,14H2,(H,22,24). The molecule has 0 spiro atoms. The highest BCUT2D eigenvalue weighted by Gasteiger charge is 2.27. The summed E-state index contributed by atoms with van der Waals surface area (Å²) < 4.78 is 32.3. The van der Waals surface area contributed by atoms with Crippen molar-refractivity contribution >= 4 is 27.3 Å². The van der Waals surface area contributed by atoms with E-state index in [1.54, 1.807) is 29.7 Å². The third-order valence-electron chi connectivity index (χ3n) is 5.12. The molecule has 0 saturated carbocycles. The van der Waals surface area contributed by atoms with Gasteiger partial charge in [0.1, 0.15) is 5.76 Å². The molecular weight excluding hydrogens is 408 g/mol. The molecule has 4 rings (SSSR count). The number of carbonyl (C=O) groups is 1. The fraction of sp³-hybridized carbons (Fsp3) is 0.286. The summed E-state index contributed by atoms with van der Waals surface area (Å²) in [5.41, 5.74) is 1.51. The van der Waals surface area contributed by atoms with Crippen LogP contribution in [0.5, 0.6) is 0 Å². The molecule has 1 N–H and O–H groups in total. The second kappa shape index (κ2) is 8.52. The molecule has 1 aliphatic heterocycles. The Morgan fingerprint density at radius 3 is 2.52 bits per heavy atom. The molecule has 1 unspecified atom stereocenters. The van der Waals surface area contributed by atoms with Gasteiger partial charge in [-0.15, -0.1) is 0 Å². The Balaban J connectivity index is 1.44. The average molecular weight is 431 g/mol. The minimum Gasteiger partial charge on any atom is -0.469 e. The molecule has 1 amide bonds. The Morgan fingerprint density at radius 2 is 1.90 bits per heavy atom. The van der Waals surface area contributed by atoms with Crippen LogP contribution in [0.25, 0.3) is 0 Å². The van der Waals surface area contributed by atoms with Gasteiger partial charge in [-0.3, -0.25) is 4.79 Å². The molecule has 0 aliphatic carbocycles. The first-order valence-corrected chi connectivity index (χ1v) is 11.9. The molecule has 1 atom stereocenters. The van der Waals surface area contributed by atoms with Crippen LogP contribution in [0, 0.1) is 0 Å². The minimum atomic E-state index is -3.48. The highest BCUT2D eigenvalue weighted by Crippen LogP contribution is 2.26. The van der Waals surface area contributed by atoms with E-state index in [0.717, 1.165) is 24.2 Å². The van der Waals surface area contributed by atoms with E-state index < -0.39 is 10.0 Å². The van der Waals surface area contributed by atoms with Crippen LogP contribution >= 0.6 is 11.3 Å². The lowest BCUT2D eigenvalue weighted by molar-refractivity contribution is 0.0951. The van der Waals surface area contributed by atoms with Gasteiger partial charge in [0.25, 0.3) is 5.91 Å². The molecule has 2 aromatic heterocycles. The van der Waals surface area contributed by atoms with E-state index in [1.165, 1.54) is 16.4 Å². The Hall–Kier alpha value is -2.42. The van der Waals surface area contributed by atoms with Crippen molar-refractivity contribution in [3.05, 3.63) is 76.4 Å². The maximum atomic E-state index is 12.6. The normalized spacial score (nSPS) is 16.0. The van der Waals surface area contributed by atoms with Crippen molar-refractivity contribution in [1.29, 1.82) is 0 Å². The third kappa shape index (κ3) is 4.29. The van der Waals surface area contributed by atoms with E-state index in [9.17, 15) is 13.2 Å². The molecular formula is C21H22N2O4S2. The monoisotopic (exact) mass is 430 g/mol. The zero-order valence-electron chi connectivity index (χ0n) is 15.8. The molecule has 3 heterocycles. The molecule has 3 aromatic rings. The quantitative estimate of drug-likeness (QED) is 0.620.